The van der Waals surface area contributed by atoms with E-state index in [-0.39, 0.29) is 18.6 Å². The van der Waals surface area contributed by atoms with Crippen LogP contribution in [0.3, 0.4) is 0 Å². The van der Waals surface area contributed by atoms with Crippen molar-refractivity contribution in [1.29, 1.82) is 0 Å². The minimum absolute atomic E-state index is 0.0771. The van der Waals surface area contributed by atoms with Crippen LogP contribution in [-0.2, 0) is 22.4 Å². The van der Waals surface area contributed by atoms with Crippen molar-refractivity contribution >= 4 is 34.6 Å². The van der Waals surface area contributed by atoms with Gasteiger partial charge in [0.05, 0.1) is 6.04 Å². The van der Waals surface area contributed by atoms with Crippen molar-refractivity contribution in [3.05, 3.63) is 43.8 Å². The maximum absolute atomic E-state index is 12.2. The number of rotatable bonds is 5. The molecule has 0 saturated carbocycles. The molecular formula is C18H21NO3S2. The molecule has 2 aromatic rings. The molecule has 0 unspecified atom stereocenters. The molecule has 6 heteroatoms. The first-order valence-corrected chi connectivity index (χ1v) is 9.84. The van der Waals surface area contributed by atoms with Crippen molar-refractivity contribution in [2.45, 2.75) is 39.2 Å². The third-order valence-electron chi connectivity index (χ3n) is 4.21. The highest BCUT2D eigenvalue weighted by molar-refractivity contribution is 7.14. The molecule has 3 rings (SSSR count). The molecule has 2 heterocycles. The fourth-order valence-electron chi connectivity index (χ4n) is 2.90. The standard InChI is InChI=1S/C18H21NO3S2/c1-11-5-6-15-13(8-11)9-16(24-15)18(21)22-10-17(20)19-12(2)14-4-3-7-23-14/h3-4,7,9,11-12H,5-6,8,10H2,1-2H3,(H,19,20)/t11-,12+/m1/s1. The number of ether oxygens (including phenoxy) is 1. The predicted octanol–water partition coefficient (Wildman–Crippen LogP) is 3.97. The van der Waals surface area contributed by atoms with Gasteiger partial charge in [0.15, 0.2) is 6.61 Å². The highest BCUT2D eigenvalue weighted by Crippen LogP contribution is 2.32. The third-order valence-corrected chi connectivity index (χ3v) is 6.48. The van der Waals surface area contributed by atoms with Gasteiger partial charge >= 0.3 is 5.97 Å². The molecule has 0 fully saturated rings. The third kappa shape index (κ3) is 4.05. The summed E-state index contributed by atoms with van der Waals surface area (Å²) in [5, 5.41) is 4.81. The van der Waals surface area contributed by atoms with E-state index in [2.05, 4.69) is 12.2 Å². The van der Waals surface area contributed by atoms with Crippen LogP contribution in [0.1, 0.15) is 51.3 Å². The first-order chi connectivity index (χ1) is 11.5. The average molecular weight is 364 g/mol. The van der Waals surface area contributed by atoms with Crippen LogP contribution in [0.2, 0.25) is 0 Å². The molecule has 0 spiro atoms. The molecule has 0 radical (unpaired) electrons. The molecule has 2 aromatic heterocycles. The van der Waals surface area contributed by atoms with Gasteiger partial charge in [0.1, 0.15) is 4.88 Å². The maximum Gasteiger partial charge on any atom is 0.348 e. The fourth-order valence-corrected chi connectivity index (χ4v) is 4.74. The molecule has 0 bridgehead atoms. The van der Waals surface area contributed by atoms with Gasteiger partial charge in [-0.15, -0.1) is 22.7 Å². The summed E-state index contributed by atoms with van der Waals surface area (Å²) >= 11 is 3.09. The summed E-state index contributed by atoms with van der Waals surface area (Å²) in [7, 11) is 0. The van der Waals surface area contributed by atoms with E-state index in [0.29, 0.717) is 10.8 Å². The number of fused-ring (bicyclic) bond motifs is 1. The number of aryl methyl sites for hydroxylation is 1. The Hall–Kier alpha value is -1.66. The fraction of sp³-hybridized carbons (Fsp3) is 0.444. The largest absolute Gasteiger partial charge is 0.451 e. The van der Waals surface area contributed by atoms with Crippen LogP contribution in [0.15, 0.2) is 23.6 Å². The average Bonchev–Trinajstić information content (AvgIpc) is 3.21. The number of nitrogens with one attached hydrogen (secondary N) is 1. The highest BCUT2D eigenvalue weighted by atomic mass is 32.1. The predicted molar refractivity (Wildman–Crippen MR) is 96.7 cm³/mol. The number of amides is 1. The van der Waals surface area contributed by atoms with Crippen LogP contribution in [0, 0.1) is 5.92 Å². The molecule has 4 nitrogen and oxygen atoms in total. The van der Waals surface area contributed by atoms with E-state index in [4.69, 9.17) is 4.74 Å². The van der Waals surface area contributed by atoms with Gasteiger partial charge in [-0.25, -0.2) is 4.79 Å². The zero-order valence-corrected chi connectivity index (χ0v) is 15.5. The molecule has 1 amide bonds. The van der Waals surface area contributed by atoms with Gasteiger partial charge in [0, 0.05) is 9.75 Å². The van der Waals surface area contributed by atoms with Gasteiger partial charge in [-0.05, 0) is 55.2 Å². The van der Waals surface area contributed by atoms with E-state index < -0.39 is 5.97 Å². The Kier molecular flexibility index (Phi) is 5.36. The highest BCUT2D eigenvalue weighted by Gasteiger charge is 2.22. The van der Waals surface area contributed by atoms with E-state index in [0.717, 1.165) is 17.7 Å². The van der Waals surface area contributed by atoms with Crippen molar-refractivity contribution in [1.82, 2.24) is 5.32 Å². The molecular weight excluding hydrogens is 342 g/mol. The minimum atomic E-state index is -0.402. The molecule has 1 aliphatic carbocycles. The van der Waals surface area contributed by atoms with E-state index in [9.17, 15) is 9.59 Å². The molecule has 0 saturated heterocycles. The lowest BCUT2D eigenvalue weighted by molar-refractivity contribution is -0.124. The van der Waals surface area contributed by atoms with Gasteiger partial charge in [-0.3, -0.25) is 4.79 Å². The van der Waals surface area contributed by atoms with Crippen LogP contribution in [-0.4, -0.2) is 18.5 Å². The van der Waals surface area contributed by atoms with Crippen molar-refractivity contribution in [3.63, 3.8) is 0 Å². The molecule has 24 heavy (non-hydrogen) atoms. The number of esters is 1. The molecule has 1 N–H and O–H groups in total. The Balaban J connectivity index is 1.51. The summed E-state index contributed by atoms with van der Waals surface area (Å²) in [5.41, 5.74) is 1.27. The summed E-state index contributed by atoms with van der Waals surface area (Å²) in [4.78, 5) is 27.1. The van der Waals surface area contributed by atoms with Gasteiger partial charge in [-0.2, -0.15) is 0 Å². The summed E-state index contributed by atoms with van der Waals surface area (Å²) in [5.74, 6) is -0.0133. The Labute approximate surface area is 149 Å². The Bertz CT molecular complexity index is 721. The number of carbonyl (C=O) groups excluding carboxylic acids is 2. The van der Waals surface area contributed by atoms with Crippen LogP contribution in [0.5, 0.6) is 0 Å². The zero-order valence-electron chi connectivity index (χ0n) is 13.8. The second-order valence-electron chi connectivity index (χ2n) is 6.29. The second-order valence-corrected chi connectivity index (χ2v) is 8.40. The second kappa shape index (κ2) is 7.49. The Morgan fingerprint density at radius 1 is 1.46 bits per heavy atom. The number of carbonyl (C=O) groups is 2. The van der Waals surface area contributed by atoms with Crippen molar-refractivity contribution in [2.24, 2.45) is 5.92 Å². The summed E-state index contributed by atoms with van der Waals surface area (Å²) in [6, 6.07) is 5.78. The monoisotopic (exact) mass is 363 g/mol. The first-order valence-electron chi connectivity index (χ1n) is 8.14. The lowest BCUT2D eigenvalue weighted by Crippen LogP contribution is -2.30. The van der Waals surface area contributed by atoms with Gasteiger partial charge < -0.3 is 10.1 Å². The SMILES string of the molecule is C[C@@H]1CCc2sc(C(=O)OCC(=O)N[C@@H](C)c3cccs3)cc2C1. The van der Waals surface area contributed by atoms with Gasteiger partial charge in [-0.1, -0.05) is 13.0 Å². The number of hydrogen-bond acceptors (Lipinski definition) is 5. The van der Waals surface area contributed by atoms with Crippen molar-refractivity contribution < 1.29 is 14.3 Å². The van der Waals surface area contributed by atoms with E-state index >= 15 is 0 Å². The lowest BCUT2D eigenvalue weighted by Gasteiger charge is -2.16. The Morgan fingerprint density at radius 2 is 2.29 bits per heavy atom. The molecule has 128 valence electrons. The number of hydrogen-bond donors (Lipinski definition) is 1. The van der Waals surface area contributed by atoms with E-state index in [1.54, 1.807) is 11.3 Å². The zero-order chi connectivity index (χ0) is 17.1. The van der Waals surface area contributed by atoms with Crippen LogP contribution in [0.4, 0.5) is 0 Å². The van der Waals surface area contributed by atoms with Crippen molar-refractivity contribution in [3.8, 4) is 0 Å². The van der Waals surface area contributed by atoms with Crippen molar-refractivity contribution in [2.75, 3.05) is 6.61 Å². The first kappa shape index (κ1) is 17.2. The van der Waals surface area contributed by atoms with Crippen LogP contribution >= 0.6 is 22.7 Å². The smallest absolute Gasteiger partial charge is 0.348 e. The molecule has 2 atom stereocenters. The maximum atomic E-state index is 12.2. The quantitative estimate of drug-likeness (QED) is 0.818. The molecule has 0 aromatic carbocycles. The summed E-state index contributed by atoms with van der Waals surface area (Å²) in [6.07, 6.45) is 3.23. The Morgan fingerprint density at radius 3 is 3.04 bits per heavy atom. The van der Waals surface area contributed by atoms with E-state index in [1.807, 2.05) is 30.5 Å². The van der Waals surface area contributed by atoms with Gasteiger partial charge in [0.25, 0.3) is 5.91 Å². The van der Waals surface area contributed by atoms with Crippen LogP contribution < -0.4 is 5.32 Å². The number of thiophene rings is 2. The summed E-state index contributed by atoms with van der Waals surface area (Å²) in [6.45, 7) is 3.91. The van der Waals surface area contributed by atoms with Gasteiger partial charge in [0.2, 0.25) is 0 Å². The topological polar surface area (TPSA) is 55.4 Å². The van der Waals surface area contributed by atoms with Crippen LogP contribution in [0.25, 0.3) is 0 Å². The lowest BCUT2D eigenvalue weighted by atomic mass is 9.90. The minimum Gasteiger partial charge on any atom is -0.451 e. The molecule has 0 aliphatic heterocycles. The van der Waals surface area contributed by atoms with E-state index in [1.165, 1.54) is 28.2 Å². The normalized spacial score (nSPS) is 17.8. The summed E-state index contributed by atoms with van der Waals surface area (Å²) < 4.78 is 5.18. The molecule has 1 aliphatic rings.